The van der Waals surface area contributed by atoms with E-state index in [1.807, 2.05) is 55.5 Å². The summed E-state index contributed by atoms with van der Waals surface area (Å²) in [7, 11) is 0. The standard InChI is InChI=1S/C23H16ClFN2O/c1-14-5-4-6-15(11-14)22-13-18(17-7-2-3-8-21(17)27-22)23(28)26-16-9-10-20(25)19(24)12-16/h2-13H,1H3,(H,26,28). The molecular weight excluding hydrogens is 375 g/mol. The summed E-state index contributed by atoms with van der Waals surface area (Å²) < 4.78 is 13.4. The molecule has 0 radical (unpaired) electrons. The molecule has 5 heteroatoms. The van der Waals surface area contributed by atoms with Gasteiger partial charge < -0.3 is 5.32 Å². The number of carbonyl (C=O) groups is 1. The molecule has 0 saturated carbocycles. The molecule has 0 unspecified atom stereocenters. The van der Waals surface area contributed by atoms with Crippen molar-refractivity contribution < 1.29 is 9.18 Å². The molecule has 0 aliphatic rings. The Hall–Kier alpha value is -3.24. The number of pyridine rings is 1. The minimum atomic E-state index is -0.532. The van der Waals surface area contributed by atoms with Gasteiger partial charge in [0.1, 0.15) is 5.82 Å². The molecule has 1 heterocycles. The van der Waals surface area contributed by atoms with Crippen LogP contribution in [-0.4, -0.2) is 10.9 Å². The summed E-state index contributed by atoms with van der Waals surface area (Å²) in [6.45, 7) is 2.01. The largest absolute Gasteiger partial charge is 0.322 e. The number of rotatable bonds is 3. The maximum atomic E-state index is 13.4. The van der Waals surface area contributed by atoms with Crippen LogP contribution in [0.2, 0.25) is 5.02 Å². The van der Waals surface area contributed by atoms with E-state index >= 15 is 0 Å². The Morgan fingerprint density at radius 1 is 1.00 bits per heavy atom. The van der Waals surface area contributed by atoms with Crippen LogP contribution in [0.25, 0.3) is 22.2 Å². The predicted molar refractivity (Wildman–Crippen MR) is 111 cm³/mol. The highest BCUT2D eigenvalue weighted by Gasteiger charge is 2.15. The number of aryl methyl sites for hydroxylation is 1. The second-order valence-corrected chi connectivity index (χ2v) is 6.93. The summed E-state index contributed by atoms with van der Waals surface area (Å²) in [6.07, 6.45) is 0. The number of fused-ring (bicyclic) bond motifs is 1. The third kappa shape index (κ3) is 3.59. The minimum absolute atomic E-state index is 0.0437. The topological polar surface area (TPSA) is 42.0 Å². The van der Waals surface area contributed by atoms with Gasteiger partial charge in [-0.2, -0.15) is 0 Å². The third-order valence-electron chi connectivity index (χ3n) is 4.45. The first-order valence-corrected chi connectivity index (χ1v) is 9.12. The Morgan fingerprint density at radius 3 is 2.61 bits per heavy atom. The maximum absolute atomic E-state index is 13.4. The summed E-state index contributed by atoms with van der Waals surface area (Å²) in [5, 5.41) is 3.49. The molecule has 4 rings (SSSR count). The van der Waals surface area contributed by atoms with Gasteiger partial charge in [-0.15, -0.1) is 0 Å². The van der Waals surface area contributed by atoms with Crippen molar-refractivity contribution in [1.82, 2.24) is 4.98 Å². The predicted octanol–water partition coefficient (Wildman–Crippen LogP) is 6.26. The Balaban J connectivity index is 1.80. The van der Waals surface area contributed by atoms with E-state index in [0.29, 0.717) is 16.9 Å². The van der Waals surface area contributed by atoms with Gasteiger partial charge in [-0.1, -0.05) is 53.6 Å². The zero-order valence-corrected chi connectivity index (χ0v) is 15.8. The van der Waals surface area contributed by atoms with E-state index in [2.05, 4.69) is 5.32 Å². The van der Waals surface area contributed by atoms with Crippen molar-refractivity contribution in [3.63, 3.8) is 0 Å². The Bertz CT molecular complexity index is 1210. The number of aromatic nitrogens is 1. The fourth-order valence-electron chi connectivity index (χ4n) is 3.09. The van der Waals surface area contributed by atoms with Crippen LogP contribution in [0, 0.1) is 12.7 Å². The summed E-state index contributed by atoms with van der Waals surface area (Å²) in [6, 6.07) is 21.3. The lowest BCUT2D eigenvalue weighted by molar-refractivity contribution is 0.102. The van der Waals surface area contributed by atoms with Crippen LogP contribution in [0.15, 0.2) is 72.8 Å². The number of hydrogen-bond donors (Lipinski definition) is 1. The van der Waals surface area contributed by atoms with Crippen LogP contribution < -0.4 is 5.32 Å². The second-order valence-electron chi connectivity index (χ2n) is 6.52. The van der Waals surface area contributed by atoms with Crippen LogP contribution >= 0.6 is 11.6 Å². The van der Waals surface area contributed by atoms with Crippen molar-refractivity contribution in [2.24, 2.45) is 0 Å². The fourth-order valence-corrected chi connectivity index (χ4v) is 3.27. The smallest absolute Gasteiger partial charge is 0.256 e. The van der Waals surface area contributed by atoms with Gasteiger partial charge in [0.25, 0.3) is 5.91 Å². The summed E-state index contributed by atoms with van der Waals surface area (Å²) >= 11 is 5.82. The van der Waals surface area contributed by atoms with Crippen LogP contribution in [0.5, 0.6) is 0 Å². The van der Waals surface area contributed by atoms with Gasteiger partial charge in [0, 0.05) is 16.6 Å². The first kappa shape index (κ1) is 18.1. The van der Waals surface area contributed by atoms with Crippen molar-refractivity contribution in [3.05, 3.63) is 94.8 Å². The first-order chi connectivity index (χ1) is 13.5. The van der Waals surface area contributed by atoms with Gasteiger partial charge >= 0.3 is 0 Å². The van der Waals surface area contributed by atoms with Crippen molar-refractivity contribution in [1.29, 1.82) is 0 Å². The van der Waals surface area contributed by atoms with Crippen molar-refractivity contribution in [3.8, 4) is 11.3 Å². The maximum Gasteiger partial charge on any atom is 0.256 e. The van der Waals surface area contributed by atoms with E-state index in [4.69, 9.17) is 16.6 Å². The molecule has 1 N–H and O–H groups in total. The number of para-hydroxylation sites is 1. The number of halogens is 2. The molecule has 1 aromatic heterocycles. The summed E-state index contributed by atoms with van der Waals surface area (Å²) in [5.74, 6) is -0.842. The molecule has 3 aromatic carbocycles. The first-order valence-electron chi connectivity index (χ1n) is 8.74. The monoisotopic (exact) mass is 390 g/mol. The highest BCUT2D eigenvalue weighted by Crippen LogP contribution is 2.27. The number of amides is 1. The lowest BCUT2D eigenvalue weighted by Crippen LogP contribution is -2.13. The van der Waals surface area contributed by atoms with Gasteiger partial charge in [-0.05, 0) is 43.3 Å². The zero-order valence-electron chi connectivity index (χ0n) is 15.0. The van der Waals surface area contributed by atoms with Crippen LogP contribution in [0.4, 0.5) is 10.1 Å². The molecule has 0 saturated heterocycles. The number of hydrogen-bond acceptors (Lipinski definition) is 2. The quantitative estimate of drug-likeness (QED) is 0.449. The molecule has 0 bridgehead atoms. The number of benzene rings is 3. The molecule has 0 spiro atoms. The average molecular weight is 391 g/mol. The van der Waals surface area contributed by atoms with Crippen molar-refractivity contribution in [2.45, 2.75) is 6.92 Å². The molecule has 3 nitrogen and oxygen atoms in total. The van der Waals surface area contributed by atoms with E-state index in [1.54, 1.807) is 6.07 Å². The van der Waals surface area contributed by atoms with E-state index in [-0.39, 0.29) is 10.9 Å². The zero-order chi connectivity index (χ0) is 19.7. The molecular formula is C23H16ClFN2O. The van der Waals surface area contributed by atoms with Gasteiger partial charge in [0.15, 0.2) is 0 Å². The average Bonchev–Trinajstić information content (AvgIpc) is 2.70. The van der Waals surface area contributed by atoms with Crippen molar-refractivity contribution in [2.75, 3.05) is 5.32 Å². The molecule has 0 aliphatic heterocycles. The molecule has 4 aromatic rings. The summed E-state index contributed by atoms with van der Waals surface area (Å²) in [4.78, 5) is 17.7. The highest BCUT2D eigenvalue weighted by molar-refractivity contribution is 6.31. The van der Waals surface area contributed by atoms with Crippen LogP contribution in [0.1, 0.15) is 15.9 Å². The summed E-state index contributed by atoms with van der Waals surface area (Å²) in [5.41, 5.74) is 4.40. The molecule has 0 fully saturated rings. The number of nitrogens with zero attached hydrogens (tertiary/aromatic N) is 1. The third-order valence-corrected chi connectivity index (χ3v) is 4.74. The minimum Gasteiger partial charge on any atom is -0.322 e. The van der Waals surface area contributed by atoms with Gasteiger partial charge in [0.2, 0.25) is 0 Å². The molecule has 28 heavy (non-hydrogen) atoms. The highest BCUT2D eigenvalue weighted by atomic mass is 35.5. The van der Waals surface area contributed by atoms with Crippen LogP contribution in [0.3, 0.4) is 0 Å². The Morgan fingerprint density at radius 2 is 1.82 bits per heavy atom. The fraction of sp³-hybridized carbons (Fsp3) is 0.0435. The van der Waals surface area contributed by atoms with Crippen molar-refractivity contribution >= 4 is 34.1 Å². The number of carbonyl (C=O) groups excluding carboxylic acids is 1. The van der Waals surface area contributed by atoms with E-state index < -0.39 is 5.82 Å². The number of nitrogens with one attached hydrogen (secondary N) is 1. The molecule has 138 valence electrons. The Labute approximate surface area is 166 Å². The van der Waals surface area contributed by atoms with Gasteiger partial charge in [0.05, 0.1) is 21.8 Å². The lowest BCUT2D eigenvalue weighted by atomic mass is 10.0. The van der Waals surface area contributed by atoms with Gasteiger partial charge in [-0.3, -0.25) is 4.79 Å². The van der Waals surface area contributed by atoms with E-state index in [0.717, 1.165) is 22.0 Å². The normalized spacial score (nSPS) is 10.8. The van der Waals surface area contributed by atoms with E-state index in [1.165, 1.54) is 18.2 Å². The van der Waals surface area contributed by atoms with Gasteiger partial charge in [-0.25, -0.2) is 9.37 Å². The molecule has 0 aliphatic carbocycles. The van der Waals surface area contributed by atoms with E-state index in [9.17, 15) is 9.18 Å². The Kier molecular flexibility index (Phi) is 4.80. The second kappa shape index (κ2) is 7.41. The van der Waals surface area contributed by atoms with Crippen LogP contribution in [-0.2, 0) is 0 Å². The molecule has 0 atom stereocenters. The SMILES string of the molecule is Cc1cccc(-c2cc(C(=O)Nc3ccc(F)c(Cl)c3)c3ccccc3n2)c1. The lowest BCUT2D eigenvalue weighted by Gasteiger charge is -2.11. The number of anilines is 1. The molecule has 1 amide bonds.